The van der Waals surface area contributed by atoms with Crippen molar-refractivity contribution in [3.05, 3.63) is 35.4 Å². The van der Waals surface area contributed by atoms with Crippen LogP contribution in [0.5, 0.6) is 0 Å². The fourth-order valence-corrected chi connectivity index (χ4v) is 5.16. The van der Waals surface area contributed by atoms with Crippen molar-refractivity contribution in [2.75, 3.05) is 39.8 Å². The number of unbranched alkanes of at least 4 members (excludes halogenated alkanes) is 1. The van der Waals surface area contributed by atoms with Crippen molar-refractivity contribution < 1.29 is 26.3 Å². The van der Waals surface area contributed by atoms with Gasteiger partial charge in [0.25, 0.3) is 0 Å². The summed E-state index contributed by atoms with van der Waals surface area (Å²) in [5.74, 6) is -0.290. The van der Waals surface area contributed by atoms with Gasteiger partial charge in [-0.15, -0.1) is 0 Å². The molecule has 1 aliphatic heterocycles. The monoisotopic (exact) mass is 450 g/mol. The zero-order valence-electron chi connectivity index (χ0n) is 17.8. The molecule has 0 N–H and O–H groups in total. The quantitative estimate of drug-likeness (QED) is 0.476. The third-order valence-electron chi connectivity index (χ3n) is 5.32. The van der Waals surface area contributed by atoms with Gasteiger partial charge in [0.2, 0.25) is 10.0 Å². The summed E-state index contributed by atoms with van der Waals surface area (Å²) < 4.78 is 70.5. The van der Waals surface area contributed by atoms with Gasteiger partial charge in [-0.1, -0.05) is 19.1 Å². The predicted molar refractivity (Wildman–Crippen MR) is 112 cm³/mol. The summed E-state index contributed by atoms with van der Waals surface area (Å²) in [5.41, 5.74) is -0.423. The number of sulfonamides is 1. The maximum Gasteiger partial charge on any atom is 0.416 e. The van der Waals surface area contributed by atoms with Crippen LogP contribution in [0.4, 0.5) is 13.2 Å². The molecule has 5 nitrogen and oxygen atoms in total. The van der Waals surface area contributed by atoms with Crippen LogP contribution in [0.1, 0.15) is 50.2 Å². The molecule has 0 bridgehead atoms. The fourth-order valence-electron chi connectivity index (χ4n) is 3.60. The molecule has 1 aliphatic rings. The van der Waals surface area contributed by atoms with Crippen molar-refractivity contribution in [2.24, 2.45) is 0 Å². The number of piperidine rings is 1. The highest BCUT2D eigenvalue weighted by Gasteiger charge is 2.31. The molecule has 1 fully saturated rings. The maximum atomic E-state index is 12.6. The Hall–Kier alpha value is -1.16. The lowest BCUT2D eigenvalue weighted by atomic mass is 10.1. The van der Waals surface area contributed by atoms with E-state index >= 15 is 0 Å². The summed E-state index contributed by atoms with van der Waals surface area (Å²) in [6.07, 6.45) is 0.134. The molecule has 1 aromatic carbocycles. The lowest BCUT2D eigenvalue weighted by Crippen LogP contribution is -2.41. The van der Waals surface area contributed by atoms with E-state index in [1.165, 1.54) is 16.4 Å². The average molecular weight is 451 g/mol. The number of hydrogen-bond donors (Lipinski definition) is 0. The zero-order valence-corrected chi connectivity index (χ0v) is 18.6. The van der Waals surface area contributed by atoms with Crippen molar-refractivity contribution in [2.45, 2.75) is 57.1 Å². The predicted octanol–water partition coefficient (Wildman–Crippen LogP) is 4.14. The molecular formula is C21H33F3N2O3S. The van der Waals surface area contributed by atoms with Gasteiger partial charge in [0.05, 0.1) is 17.4 Å². The van der Waals surface area contributed by atoms with Crippen LogP contribution in [0, 0.1) is 0 Å². The van der Waals surface area contributed by atoms with E-state index < -0.39 is 21.8 Å². The van der Waals surface area contributed by atoms with E-state index in [4.69, 9.17) is 4.74 Å². The average Bonchev–Trinajstić information content (AvgIpc) is 2.68. The van der Waals surface area contributed by atoms with Gasteiger partial charge in [-0.2, -0.15) is 13.2 Å². The topological polar surface area (TPSA) is 49.9 Å². The smallest absolute Gasteiger partial charge is 0.378 e. The molecule has 0 aromatic heterocycles. The van der Waals surface area contributed by atoms with Crippen molar-refractivity contribution in [3.63, 3.8) is 0 Å². The third-order valence-corrected chi connectivity index (χ3v) is 7.17. The molecule has 0 saturated carbocycles. The number of nitrogens with zero attached hydrogens (tertiary/aromatic N) is 2. The second kappa shape index (κ2) is 11.5. The van der Waals surface area contributed by atoms with Gasteiger partial charge >= 0.3 is 6.18 Å². The molecule has 1 heterocycles. The Labute approximate surface area is 178 Å². The molecule has 0 atom stereocenters. The van der Waals surface area contributed by atoms with Crippen LogP contribution in [0.25, 0.3) is 0 Å². The first-order valence-electron chi connectivity index (χ1n) is 10.6. The summed E-state index contributed by atoms with van der Waals surface area (Å²) in [6.45, 7) is 5.76. The minimum absolute atomic E-state index is 0.0656. The number of alkyl halides is 3. The van der Waals surface area contributed by atoms with Gasteiger partial charge in [-0.05, 0) is 69.9 Å². The van der Waals surface area contributed by atoms with Crippen LogP contribution in [-0.4, -0.2) is 63.6 Å². The summed E-state index contributed by atoms with van der Waals surface area (Å²) in [7, 11) is -1.45. The first-order valence-corrected chi connectivity index (χ1v) is 12.2. The van der Waals surface area contributed by atoms with E-state index in [1.807, 2.05) is 0 Å². The van der Waals surface area contributed by atoms with Crippen molar-refractivity contribution in [1.29, 1.82) is 0 Å². The van der Waals surface area contributed by atoms with Gasteiger partial charge in [0.1, 0.15) is 0 Å². The van der Waals surface area contributed by atoms with Gasteiger partial charge in [0, 0.05) is 19.7 Å². The summed E-state index contributed by atoms with van der Waals surface area (Å²) in [6, 6.07) is 4.30. The number of hydrogen-bond acceptors (Lipinski definition) is 4. The minimum atomic E-state index is -4.43. The van der Waals surface area contributed by atoms with Crippen LogP contribution in [0.15, 0.2) is 24.3 Å². The minimum Gasteiger partial charge on any atom is -0.378 e. The molecule has 2 rings (SSSR count). The Morgan fingerprint density at radius 3 is 2.30 bits per heavy atom. The zero-order chi connectivity index (χ0) is 22.2. The van der Waals surface area contributed by atoms with E-state index in [2.05, 4.69) is 18.9 Å². The molecule has 9 heteroatoms. The summed E-state index contributed by atoms with van der Waals surface area (Å²) in [4.78, 5) is 2.31. The summed E-state index contributed by atoms with van der Waals surface area (Å²) in [5, 5.41) is 0. The SMILES string of the molecule is CCCN(C)CCCCOC1CCN(S(=O)(=O)Cc2ccc(C(F)(F)F)cc2)CC1. The van der Waals surface area contributed by atoms with Gasteiger partial charge in [-0.25, -0.2) is 12.7 Å². The van der Waals surface area contributed by atoms with Crippen molar-refractivity contribution in [3.8, 4) is 0 Å². The molecule has 0 radical (unpaired) electrons. The Bertz CT molecular complexity index is 731. The van der Waals surface area contributed by atoms with E-state index in [0.717, 1.165) is 44.5 Å². The maximum absolute atomic E-state index is 12.6. The Balaban J connectivity index is 1.72. The molecular weight excluding hydrogens is 417 g/mol. The Kier molecular flexibility index (Phi) is 9.59. The molecule has 1 aromatic rings. The third kappa shape index (κ3) is 8.17. The van der Waals surface area contributed by atoms with Crippen molar-refractivity contribution >= 4 is 10.0 Å². The van der Waals surface area contributed by atoms with Crippen LogP contribution in [-0.2, 0) is 26.7 Å². The largest absolute Gasteiger partial charge is 0.416 e. The standard InChI is InChI=1S/C21H33F3N2O3S/c1-3-12-25(2)13-4-5-16-29-20-10-14-26(15-11-20)30(27,28)17-18-6-8-19(9-7-18)21(22,23)24/h6-9,20H,3-5,10-17H2,1-2H3. The highest BCUT2D eigenvalue weighted by molar-refractivity contribution is 7.88. The Morgan fingerprint density at radius 2 is 1.73 bits per heavy atom. The molecule has 1 saturated heterocycles. The van der Waals surface area contributed by atoms with Gasteiger partial charge in [-0.3, -0.25) is 0 Å². The van der Waals surface area contributed by atoms with E-state index in [-0.39, 0.29) is 11.9 Å². The lowest BCUT2D eigenvalue weighted by molar-refractivity contribution is -0.137. The van der Waals surface area contributed by atoms with E-state index in [9.17, 15) is 21.6 Å². The van der Waals surface area contributed by atoms with Gasteiger partial charge in [0.15, 0.2) is 0 Å². The van der Waals surface area contributed by atoms with Gasteiger partial charge < -0.3 is 9.64 Å². The van der Waals surface area contributed by atoms with Crippen LogP contribution in [0.2, 0.25) is 0 Å². The van der Waals surface area contributed by atoms with Crippen LogP contribution < -0.4 is 0 Å². The molecule has 0 aliphatic carbocycles. The van der Waals surface area contributed by atoms with Crippen LogP contribution >= 0.6 is 0 Å². The van der Waals surface area contributed by atoms with E-state index in [0.29, 0.717) is 38.1 Å². The lowest BCUT2D eigenvalue weighted by Gasteiger charge is -2.31. The molecule has 0 unspecified atom stereocenters. The first-order chi connectivity index (χ1) is 14.1. The highest BCUT2D eigenvalue weighted by Crippen LogP contribution is 2.29. The second-order valence-corrected chi connectivity index (χ2v) is 9.90. The summed E-state index contributed by atoms with van der Waals surface area (Å²) >= 11 is 0. The Morgan fingerprint density at radius 1 is 1.10 bits per heavy atom. The number of halogens is 3. The number of rotatable bonds is 11. The van der Waals surface area contributed by atoms with E-state index in [1.54, 1.807) is 0 Å². The highest BCUT2D eigenvalue weighted by atomic mass is 32.2. The molecule has 172 valence electrons. The molecule has 0 amide bonds. The van der Waals surface area contributed by atoms with Crippen molar-refractivity contribution in [1.82, 2.24) is 9.21 Å². The van der Waals surface area contributed by atoms with Crippen LogP contribution in [0.3, 0.4) is 0 Å². The fraction of sp³-hybridized carbons (Fsp3) is 0.714. The second-order valence-electron chi connectivity index (χ2n) is 7.93. The molecule has 30 heavy (non-hydrogen) atoms. The number of ether oxygens (including phenoxy) is 1. The molecule has 0 spiro atoms. The normalized spacial score (nSPS) is 17.0. The number of benzene rings is 1. The first kappa shape index (κ1) is 25.1.